The molecule has 3 heterocycles. The van der Waals surface area contributed by atoms with Gasteiger partial charge in [-0.15, -0.1) is 0 Å². The quantitative estimate of drug-likeness (QED) is 0.583. The normalized spacial score (nSPS) is 12.4. The predicted octanol–water partition coefficient (Wildman–Crippen LogP) is 0.951. The Hall–Kier alpha value is -4.27. The van der Waals surface area contributed by atoms with E-state index in [1.165, 1.54) is 12.3 Å². The average Bonchev–Trinajstić information content (AvgIpc) is 2.96. The zero-order valence-electron chi connectivity index (χ0n) is 14.3. The smallest absolute Gasteiger partial charge is 0.262 e. The predicted molar refractivity (Wildman–Crippen MR) is 100 cm³/mol. The fraction of sp³-hybridized carbons (Fsp3) is 0. The number of carbonyl (C=O) groups excluding carboxylic acids is 3. The van der Waals surface area contributed by atoms with Crippen LogP contribution in [0.1, 0.15) is 31.1 Å². The molecule has 0 fully saturated rings. The Labute approximate surface area is 157 Å². The van der Waals surface area contributed by atoms with Crippen molar-refractivity contribution in [2.75, 3.05) is 11.1 Å². The highest BCUT2D eigenvalue weighted by Crippen LogP contribution is 2.24. The lowest BCUT2D eigenvalue weighted by Crippen LogP contribution is -2.24. The molecule has 28 heavy (non-hydrogen) atoms. The van der Waals surface area contributed by atoms with Crippen LogP contribution in [0.15, 0.2) is 59.7 Å². The number of anilines is 2. The van der Waals surface area contributed by atoms with E-state index in [2.05, 4.69) is 15.6 Å². The minimum atomic E-state index is -0.660. The van der Waals surface area contributed by atoms with Gasteiger partial charge in [0.25, 0.3) is 23.3 Å². The third kappa shape index (κ3) is 2.80. The van der Waals surface area contributed by atoms with Crippen molar-refractivity contribution in [1.82, 2.24) is 14.9 Å². The molecule has 9 heteroatoms. The van der Waals surface area contributed by atoms with Crippen LogP contribution in [-0.2, 0) is 0 Å². The summed E-state index contributed by atoms with van der Waals surface area (Å²) in [6, 6.07) is 10.7. The fourth-order valence-corrected chi connectivity index (χ4v) is 2.97. The maximum Gasteiger partial charge on any atom is 0.262 e. The number of rotatable bonds is 3. The number of imide groups is 1. The first-order valence-corrected chi connectivity index (χ1v) is 8.19. The van der Waals surface area contributed by atoms with Crippen LogP contribution in [-0.4, -0.2) is 27.3 Å². The average molecular weight is 375 g/mol. The van der Waals surface area contributed by atoms with Crippen LogP contribution in [0.3, 0.4) is 0 Å². The van der Waals surface area contributed by atoms with Crippen LogP contribution in [0.5, 0.6) is 0 Å². The lowest BCUT2D eigenvalue weighted by molar-refractivity contribution is 0.0879. The van der Waals surface area contributed by atoms with Crippen molar-refractivity contribution < 1.29 is 14.4 Å². The lowest BCUT2D eigenvalue weighted by atomic mass is 10.1. The summed E-state index contributed by atoms with van der Waals surface area (Å²) in [6.45, 7) is 0. The summed E-state index contributed by atoms with van der Waals surface area (Å²) >= 11 is 0. The van der Waals surface area contributed by atoms with Gasteiger partial charge in [-0.25, -0.2) is 0 Å². The number of fused-ring (bicyclic) bond motifs is 1. The topological polar surface area (TPSA) is 136 Å². The minimum absolute atomic E-state index is 0.0469. The number of hydrogen-bond acceptors (Lipinski definition) is 6. The van der Waals surface area contributed by atoms with E-state index in [-0.39, 0.29) is 22.9 Å². The number of nitrogens with one attached hydrogen (secondary N) is 2. The molecular weight excluding hydrogens is 362 g/mol. The summed E-state index contributed by atoms with van der Waals surface area (Å²) in [7, 11) is 0. The van der Waals surface area contributed by atoms with Crippen LogP contribution in [0.4, 0.5) is 11.5 Å². The Morgan fingerprint density at radius 1 is 1.07 bits per heavy atom. The molecule has 3 amide bonds. The summed E-state index contributed by atoms with van der Waals surface area (Å²) in [4.78, 5) is 52.4. The molecule has 138 valence electrons. The molecule has 0 spiro atoms. The molecule has 1 aliphatic rings. The molecule has 1 aliphatic heterocycles. The Bertz CT molecular complexity index is 1200. The number of nitrogens with zero attached hydrogens (tertiary/aromatic N) is 2. The highest BCUT2D eigenvalue weighted by molar-refractivity contribution is 6.23. The molecule has 4 N–H and O–H groups in total. The van der Waals surface area contributed by atoms with E-state index >= 15 is 0 Å². The number of pyridine rings is 2. The van der Waals surface area contributed by atoms with Gasteiger partial charge in [0.2, 0.25) is 0 Å². The maximum absolute atomic E-state index is 12.5. The molecule has 0 bridgehead atoms. The Kier molecular flexibility index (Phi) is 3.96. The number of carbonyl (C=O) groups is 3. The lowest BCUT2D eigenvalue weighted by Gasteiger charge is -2.13. The summed E-state index contributed by atoms with van der Waals surface area (Å²) in [6.07, 6.45) is 2.99. The van der Waals surface area contributed by atoms with Crippen molar-refractivity contribution in [3.05, 3.63) is 81.9 Å². The van der Waals surface area contributed by atoms with Crippen molar-refractivity contribution in [2.24, 2.45) is 0 Å². The number of benzene rings is 1. The molecule has 0 radical (unpaired) electrons. The Balaban J connectivity index is 1.74. The van der Waals surface area contributed by atoms with Crippen molar-refractivity contribution in [3.63, 3.8) is 0 Å². The second-order valence-corrected chi connectivity index (χ2v) is 6.02. The van der Waals surface area contributed by atoms with Crippen LogP contribution in [0.25, 0.3) is 5.69 Å². The number of nitrogens with two attached hydrogens (primary N) is 1. The van der Waals surface area contributed by atoms with Crippen molar-refractivity contribution in [3.8, 4) is 5.69 Å². The van der Waals surface area contributed by atoms with Gasteiger partial charge in [0.15, 0.2) is 0 Å². The van der Waals surface area contributed by atoms with Crippen LogP contribution in [0, 0.1) is 0 Å². The van der Waals surface area contributed by atoms with Gasteiger partial charge >= 0.3 is 0 Å². The molecule has 9 nitrogen and oxygen atoms in total. The third-order valence-corrected chi connectivity index (χ3v) is 4.24. The summed E-state index contributed by atoms with van der Waals surface area (Å²) < 4.78 is 1.11. The SMILES string of the molecule is Nc1c2c(cc(=O)n1-c1cccc(NC(=O)c3cccnc3)c1)C(=O)NC2=O. The Morgan fingerprint density at radius 2 is 1.89 bits per heavy atom. The molecular formula is C19H13N5O4. The molecule has 0 unspecified atom stereocenters. The number of amides is 3. The van der Waals surface area contributed by atoms with Gasteiger partial charge in [-0.1, -0.05) is 6.07 Å². The van der Waals surface area contributed by atoms with Crippen molar-refractivity contribution >= 4 is 29.2 Å². The van der Waals surface area contributed by atoms with Gasteiger partial charge in [-0.3, -0.25) is 34.0 Å². The van der Waals surface area contributed by atoms with E-state index in [0.29, 0.717) is 16.9 Å². The molecule has 4 rings (SSSR count). The van der Waals surface area contributed by atoms with E-state index in [9.17, 15) is 19.2 Å². The molecule has 1 aromatic carbocycles. The van der Waals surface area contributed by atoms with Gasteiger partial charge in [-0.2, -0.15) is 0 Å². The maximum atomic E-state index is 12.5. The van der Waals surface area contributed by atoms with Gasteiger partial charge in [0.05, 0.1) is 22.4 Å². The summed E-state index contributed by atoms with van der Waals surface area (Å²) in [5.74, 6) is -1.84. The van der Waals surface area contributed by atoms with Gasteiger partial charge in [-0.05, 0) is 30.3 Å². The fourth-order valence-electron chi connectivity index (χ4n) is 2.97. The summed E-state index contributed by atoms with van der Waals surface area (Å²) in [5.41, 5.74) is 6.47. The molecule has 2 aromatic heterocycles. The van der Waals surface area contributed by atoms with E-state index in [1.54, 1.807) is 36.5 Å². The number of hydrogen-bond donors (Lipinski definition) is 3. The third-order valence-electron chi connectivity index (χ3n) is 4.24. The van der Waals surface area contributed by atoms with Crippen molar-refractivity contribution in [1.29, 1.82) is 0 Å². The van der Waals surface area contributed by atoms with E-state index in [4.69, 9.17) is 5.73 Å². The first kappa shape index (κ1) is 17.2. The van der Waals surface area contributed by atoms with Crippen LogP contribution >= 0.6 is 0 Å². The molecule has 3 aromatic rings. The van der Waals surface area contributed by atoms with Gasteiger partial charge in [0, 0.05) is 24.1 Å². The number of aromatic nitrogens is 2. The van der Waals surface area contributed by atoms with Gasteiger partial charge in [0.1, 0.15) is 5.82 Å². The number of nitrogen functional groups attached to an aromatic ring is 1. The minimum Gasteiger partial charge on any atom is -0.384 e. The zero-order valence-corrected chi connectivity index (χ0v) is 14.3. The first-order valence-electron chi connectivity index (χ1n) is 8.19. The van der Waals surface area contributed by atoms with Gasteiger partial charge < -0.3 is 11.1 Å². The Morgan fingerprint density at radius 3 is 2.64 bits per heavy atom. The van der Waals surface area contributed by atoms with E-state index < -0.39 is 17.4 Å². The molecule has 0 saturated heterocycles. The van der Waals surface area contributed by atoms with E-state index in [1.807, 2.05) is 0 Å². The largest absolute Gasteiger partial charge is 0.384 e. The first-order chi connectivity index (χ1) is 13.5. The standard InChI is InChI=1S/C19H13N5O4/c20-16-15-13(18(27)23-19(15)28)8-14(25)24(16)12-5-1-4-11(7-12)22-17(26)10-3-2-6-21-9-10/h1-9H,20H2,(H,22,26)(H,23,27,28). The molecule has 0 saturated carbocycles. The van der Waals surface area contributed by atoms with E-state index in [0.717, 1.165) is 10.6 Å². The zero-order chi connectivity index (χ0) is 19.8. The molecule has 0 atom stereocenters. The van der Waals surface area contributed by atoms with Crippen LogP contribution < -0.4 is 21.9 Å². The second kappa shape index (κ2) is 6.47. The highest BCUT2D eigenvalue weighted by Gasteiger charge is 2.31. The van der Waals surface area contributed by atoms with Crippen molar-refractivity contribution in [2.45, 2.75) is 0 Å². The monoisotopic (exact) mass is 375 g/mol. The van der Waals surface area contributed by atoms with Crippen LogP contribution in [0.2, 0.25) is 0 Å². The molecule has 0 aliphatic carbocycles. The summed E-state index contributed by atoms with van der Waals surface area (Å²) in [5, 5.41) is 4.82. The second-order valence-electron chi connectivity index (χ2n) is 6.02. The highest BCUT2D eigenvalue weighted by atomic mass is 16.2.